The van der Waals surface area contributed by atoms with Gasteiger partial charge >= 0.3 is 34.1 Å². The van der Waals surface area contributed by atoms with E-state index in [1.165, 1.54) is 68.6 Å². The van der Waals surface area contributed by atoms with E-state index in [1.807, 2.05) is 24.3 Å². The van der Waals surface area contributed by atoms with Crippen molar-refractivity contribution in [3.63, 3.8) is 0 Å². The molecule has 2 saturated carbocycles. The van der Waals surface area contributed by atoms with Gasteiger partial charge in [0.15, 0.2) is 0 Å². The minimum atomic E-state index is -1.10. The van der Waals surface area contributed by atoms with Gasteiger partial charge in [0, 0.05) is 5.41 Å². The Hall–Kier alpha value is -6.56. The number of aliphatic hydroxyl groups excluding tert-OH is 2. The van der Waals surface area contributed by atoms with E-state index in [2.05, 4.69) is 58.5 Å². The van der Waals surface area contributed by atoms with Crippen molar-refractivity contribution in [2.75, 3.05) is 231 Å². The van der Waals surface area contributed by atoms with Crippen LogP contribution in [0.4, 0.5) is 0 Å². The van der Waals surface area contributed by atoms with Gasteiger partial charge in [-0.25, -0.2) is 56.2 Å². The fourth-order valence-corrected chi connectivity index (χ4v) is 17.5. The van der Waals surface area contributed by atoms with Crippen molar-refractivity contribution in [2.24, 2.45) is 22.7 Å². The molecule has 21 atom stereocenters. The first-order chi connectivity index (χ1) is 70.0. The van der Waals surface area contributed by atoms with E-state index in [1.54, 1.807) is 0 Å². The molecular weight excluding hydrogens is 1890 g/mol. The summed E-state index contributed by atoms with van der Waals surface area (Å²) in [4.78, 5) is 73.7. The number of hydrogen-bond donors (Lipinski definition) is 2. The third-order valence-electron chi connectivity index (χ3n) is 28.5. The zero-order chi connectivity index (χ0) is 99.7. The number of aromatic nitrogens is 6. The average Bonchev–Trinajstić information content (AvgIpc) is 1.52. The van der Waals surface area contributed by atoms with Crippen LogP contribution in [0.5, 0.6) is 11.5 Å². The smallest absolute Gasteiger partial charge is 0.336 e. The molecule has 19 aliphatic rings. The first kappa shape index (κ1) is 107. The first-order valence-corrected chi connectivity index (χ1v) is 51.7. The van der Waals surface area contributed by atoms with E-state index < -0.39 is 58.6 Å². The number of aliphatic hydroxyl groups is 2. The van der Waals surface area contributed by atoms with E-state index in [9.17, 15) is 39.0 Å². The van der Waals surface area contributed by atoms with Gasteiger partial charge in [-0.2, -0.15) is 0 Å². The molecule has 23 rings (SSSR count). The van der Waals surface area contributed by atoms with E-state index in [0.29, 0.717) is 182 Å². The Labute approximate surface area is 836 Å². The third kappa shape index (κ3) is 35.8. The highest BCUT2D eigenvalue weighted by Crippen LogP contribution is 2.49. The van der Waals surface area contributed by atoms with Crippen LogP contribution in [0.2, 0.25) is 0 Å². The monoisotopic (exact) mass is 2040 g/mol. The molecule has 19 heterocycles. The Kier molecular flexibility index (Phi) is 38.0. The molecular formula is C101H148N6O37. The molecule has 0 bridgehead atoms. The summed E-state index contributed by atoms with van der Waals surface area (Å²) in [5.41, 5.74) is -1.11. The number of epoxide rings is 17. The molecule has 17 aliphatic heterocycles. The second-order valence-corrected chi connectivity index (χ2v) is 42.0. The van der Waals surface area contributed by atoms with E-state index >= 15 is 0 Å². The maximum atomic E-state index is 12.4. The van der Waals surface area contributed by atoms with Gasteiger partial charge < -0.3 is 148 Å². The minimum Gasteiger partial charge on any atom is -0.491 e. The predicted octanol–water partition coefficient (Wildman–Crippen LogP) is 0.793. The van der Waals surface area contributed by atoms with Gasteiger partial charge in [-0.05, 0) is 104 Å². The van der Waals surface area contributed by atoms with Gasteiger partial charge in [0.25, 0.3) is 0 Å². The second kappa shape index (κ2) is 51.0. The summed E-state index contributed by atoms with van der Waals surface area (Å²) in [7, 11) is 0. The second-order valence-electron chi connectivity index (χ2n) is 42.0. The topological polar surface area (TPSA) is 496 Å². The van der Waals surface area contributed by atoms with Crippen LogP contribution in [-0.4, -0.2) is 409 Å². The maximum absolute atomic E-state index is 12.4. The summed E-state index contributed by atoms with van der Waals surface area (Å²) in [6.45, 7) is 34.9. The van der Waals surface area contributed by atoms with Gasteiger partial charge in [-0.15, -0.1) is 6.58 Å². The number of ether oxygens (including phenoxy) is 29. The van der Waals surface area contributed by atoms with Crippen molar-refractivity contribution in [1.29, 1.82) is 0 Å². The van der Waals surface area contributed by atoms with E-state index in [0.717, 1.165) is 117 Å². The highest BCUT2D eigenvalue weighted by atomic mass is 16.7. The lowest BCUT2D eigenvalue weighted by atomic mass is 9.60. The largest absolute Gasteiger partial charge is 0.491 e. The van der Waals surface area contributed by atoms with E-state index in [4.69, 9.17) is 137 Å². The molecule has 0 spiro atoms. The van der Waals surface area contributed by atoms with Crippen molar-refractivity contribution in [2.45, 2.75) is 264 Å². The molecule has 4 aromatic rings. The Bertz CT molecular complexity index is 4650. The van der Waals surface area contributed by atoms with Crippen LogP contribution >= 0.6 is 0 Å². The lowest BCUT2D eigenvalue weighted by molar-refractivity contribution is -0.171. The number of nitrogens with zero attached hydrogens (tertiary/aromatic N) is 6. The maximum Gasteiger partial charge on any atom is 0.336 e. The lowest BCUT2D eigenvalue weighted by Gasteiger charge is -2.46. The molecule has 43 heteroatoms. The van der Waals surface area contributed by atoms with Crippen LogP contribution in [0.25, 0.3) is 0 Å². The predicted molar refractivity (Wildman–Crippen MR) is 506 cm³/mol. The summed E-state index contributed by atoms with van der Waals surface area (Å²) in [5.74, 6) is 3.49. The van der Waals surface area contributed by atoms with Crippen LogP contribution in [0, 0.1) is 22.7 Å². The number of benzene rings is 2. The zero-order valence-corrected chi connectivity index (χ0v) is 83.4. The summed E-state index contributed by atoms with van der Waals surface area (Å²) in [6, 6.07) is 16.7. The first-order valence-electron chi connectivity index (χ1n) is 51.7. The van der Waals surface area contributed by atoms with Crippen molar-refractivity contribution in [3.8, 4) is 11.5 Å². The molecule has 19 fully saturated rings. The molecule has 21 unspecified atom stereocenters. The molecule has 0 amide bonds. The lowest BCUT2D eigenvalue weighted by Crippen LogP contribution is -2.55. The van der Waals surface area contributed by atoms with Gasteiger partial charge in [-0.1, -0.05) is 58.0 Å². The molecule has 17 saturated heterocycles. The molecule has 144 heavy (non-hydrogen) atoms. The highest BCUT2D eigenvalue weighted by molar-refractivity contribution is 5.42. The number of allylic oxidation sites excluding steroid dienone is 1. The fraction of sp³-hybridized carbons (Fsp3) is 0.802. The van der Waals surface area contributed by atoms with Gasteiger partial charge in [0.2, 0.25) is 0 Å². The Morgan fingerprint density at radius 2 is 0.583 bits per heavy atom. The molecule has 2 aliphatic carbocycles. The Morgan fingerprint density at radius 3 is 0.875 bits per heavy atom. The zero-order valence-electron chi connectivity index (χ0n) is 83.4. The number of hydrogen-bond acceptors (Lipinski definition) is 37. The van der Waals surface area contributed by atoms with Gasteiger partial charge in [0.05, 0.1) is 305 Å². The molecule has 804 valence electrons. The standard InChI is InChI=1S/C21H36O4.C21H24O4.C18H30O10.C17H28O8.C12H15N3O6.C12H15N3O5/c2*1-21(2,15-3-7-17(8-4-15)22-11-19-13-24-19)16-5-9-18(10-6-16)23-12-20-14-25-20;19-15(9-21-1-11-3-23-11)18(28-8-14-6-26-14)17(20)16(27-7-13-5-25-13)10-22-2-12-4-24-12;1(13-5-22-13)18-9-17(10-19-2-14-6-23-14,11-20-3-15-7-24-15)12-21-4-16-8-25-16;16-10-13(1-7-4-19-7)11(17)15(3-9-6-21-9)12(18)14(10)2-8-5-20-8;1-2-3-13-10(16)14(4-8-6-19-8)12(18)15(11(13)17)5-9-7-20-9/h15-20H,3-14H2,1-2H3;3-10,19-20H,11-14H2,1-2H3;11-20H,1-10H2;13-16H,1-12H2;7-9H,1-6H2;2,8-9H,1,3-7H2. The van der Waals surface area contributed by atoms with E-state index in [-0.39, 0.29) is 155 Å². The van der Waals surface area contributed by atoms with Crippen molar-refractivity contribution in [3.05, 3.63) is 135 Å². The Morgan fingerprint density at radius 1 is 0.326 bits per heavy atom. The van der Waals surface area contributed by atoms with Crippen LogP contribution in [0.15, 0.2) is 90.0 Å². The van der Waals surface area contributed by atoms with Crippen LogP contribution in [-0.2, 0) is 173 Å². The normalized spacial score (nSPS) is 31.2. The van der Waals surface area contributed by atoms with Crippen LogP contribution < -0.4 is 43.6 Å². The summed E-state index contributed by atoms with van der Waals surface area (Å²) >= 11 is 0. The molecule has 2 aromatic heterocycles. The van der Waals surface area contributed by atoms with Crippen LogP contribution in [0.3, 0.4) is 0 Å². The van der Waals surface area contributed by atoms with Gasteiger partial charge in [-0.3, -0.25) is 0 Å². The summed E-state index contributed by atoms with van der Waals surface area (Å²) in [5, 5.41) is 21.5. The van der Waals surface area contributed by atoms with Crippen molar-refractivity contribution in [1.82, 2.24) is 27.4 Å². The van der Waals surface area contributed by atoms with Crippen LogP contribution in [0.1, 0.15) is 90.2 Å². The Balaban J connectivity index is 0.000000114. The summed E-state index contributed by atoms with van der Waals surface area (Å²) in [6.07, 6.45) is 11.0. The fourth-order valence-electron chi connectivity index (χ4n) is 17.5. The SMILES string of the molecule is C(OCC(COCC1CO1)(COCC1CO1)COCC1CO1)C1CO1.C=CCn1c(=O)n(CC2CO2)c(=O)n(CC2CO2)c1=O.CC(C)(C1CCC(OCC2CO2)CC1)C1CCC(OCC2CO2)CC1.CC(C)(c1ccc(OCC2CO2)cc1)c1ccc(OCC2CO2)cc1.O=c1n(CC2CO2)c(=O)n(CC2CO2)c(=O)n1CC1CO1.OC(COCC1CO1)C(OCC1CO1)C(O)C(COCC1CO1)OCC1CO1. The molecule has 2 N–H and O–H groups in total. The third-order valence-corrected chi connectivity index (χ3v) is 28.5. The highest BCUT2D eigenvalue weighted by Gasteiger charge is 2.46. The molecule has 43 nitrogen and oxygen atoms in total. The molecule has 0 radical (unpaired) electrons. The average molecular weight is 2040 g/mol. The van der Waals surface area contributed by atoms with Gasteiger partial charge in [0.1, 0.15) is 122 Å². The summed E-state index contributed by atoms with van der Waals surface area (Å²) < 4.78 is 164. The molecule has 2 aromatic carbocycles. The van der Waals surface area contributed by atoms with Crippen molar-refractivity contribution >= 4 is 0 Å². The van der Waals surface area contributed by atoms with Crippen molar-refractivity contribution < 1.29 is 148 Å². The minimum absolute atomic E-state index is 0.00480. The quantitative estimate of drug-likeness (QED) is 0.0456. The number of rotatable bonds is 61.